The Balaban J connectivity index is 1.90. The van der Waals surface area contributed by atoms with E-state index in [0.29, 0.717) is 6.54 Å². The molecule has 20 heavy (non-hydrogen) atoms. The van der Waals surface area contributed by atoms with Gasteiger partial charge in [0.1, 0.15) is 6.04 Å². The number of rotatable bonds is 4. The predicted molar refractivity (Wildman–Crippen MR) is 72.7 cm³/mol. The molecule has 0 bridgehead atoms. The first kappa shape index (κ1) is 14.0. The molecule has 6 nitrogen and oxygen atoms in total. The second-order valence-corrected chi connectivity index (χ2v) is 4.95. The van der Waals surface area contributed by atoms with Crippen molar-refractivity contribution < 1.29 is 14.4 Å². The van der Waals surface area contributed by atoms with Crippen LogP contribution >= 0.6 is 0 Å². The maximum absolute atomic E-state index is 12.0. The predicted octanol–water partition coefficient (Wildman–Crippen LogP) is 0.552. The molecule has 1 fully saturated rings. The molecule has 2 N–H and O–H groups in total. The lowest BCUT2D eigenvalue weighted by Gasteiger charge is -2.18. The van der Waals surface area contributed by atoms with E-state index in [9.17, 15) is 14.4 Å². The zero-order valence-corrected chi connectivity index (χ0v) is 11.5. The maximum Gasteiger partial charge on any atom is 0.322 e. The van der Waals surface area contributed by atoms with Crippen molar-refractivity contribution in [2.24, 2.45) is 0 Å². The van der Waals surface area contributed by atoms with Gasteiger partial charge in [0.2, 0.25) is 5.91 Å². The Kier molecular flexibility index (Phi) is 4.02. The fourth-order valence-electron chi connectivity index (χ4n) is 1.99. The lowest BCUT2D eigenvalue weighted by Crippen LogP contribution is -2.36. The van der Waals surface area contributed by atoms with Crippen molar-refractivity contribution in [1.29, 1.82) is 0 Å². The van der Waals surface area contributed by atoms with E-state index in [-0.39, 0.29) is 12.3 Å². The molecule has 1 aliphatic rings. The summed E-state index contributed by atoms with van der Waals surface area (Å²) in [7, 11) is 1.68. The smallest absolute Gasteiger partial charge is 0.322 e. The first-order valence-electron chi connectivity index (χ1n) is 6.36. The van der Waals surface area contributed by atoms with Crippen molar-refractivity contribution in [3.05, 3.63) is 35.4 Å². The summed E-state index contributed by atoms with van der Waals surface area (Å²) in [5, 5.41) is 4.52. The molecular formula is C14H17N3O3. The third-order valence-corrected chi connectivity index (χ3v) is 3.20. The quantitative estimate of drug-likeness (QED) is 0.788. The third kappa shape index (κ3) is 3.34. The summed E-state index contributed by atoms with van der Waals surface area (Å²) in [5.41, 5.74) is 2.18. The van der Waals surface area contributed by atoms with Crippen molar-refractivity contribution in [2.45, 2.75) is 25.9 Å². The number of imide groups is 1. The van der Waals surface area contributed by atoms with Crippen LogP contribution in [0.3, 0.4) is 0 Å². The van der Waals surface area contributed by atoms with Crippen LogP contribution in [0.4, 0.5) is 4.79 Å². The average molecular weight is 275 g/mol. The summed E-state index contributed by atoms with van der Waals surface area (Å²) in [6, 6.07) is 6.58. The fraction of sp³-hybridized carbons (Fsp3) is 0.357. The monoisotopic (exact) mass is 275 g/mol. The van der Waals surface area contributed by atoms with E-state index in [4.69, 9.17) is 0 Å². The van der Waals surface area contributed by atoms with E-state index in [2.05, 4.69) is 10.6 Å². The molecule has 6 heteroatoms. The van der Waals surface area contributed by atoms with E-state index >= 15 is 0 Å². The highest BCUT2D eigenvalue weighted by Crippen LogP contribution is 2.08. The lowest BCUT2D eigenvalue weighted by molar-refractivity contribution is -0.133. The van der Waals surface area contributed by atoms with Crippen molar-refractivity contribution >= 4 is 17.8 Å². The highest BCUT2D eigenvalue weighted by molar-refractivity contribution is 6.05. The van der Waals surface area contributed by atoms with Crippen LogP contribution in [0.25, 0.3) is 0 Å². The minimum Gasteiger partial charge on any atom is -0.341 e. The second-order valence-electron chi connectivity index (χ2n) is 4.95. The molecule has 0 aromatic heterocycles. The Morgan fingerprint density at radius 2 is 1.90 bits per heavy atom. The Labute approximate surface area is 117 Å². The molecule has 1 aromatic carbocycles. The topological polar surface area (TPSA) is 78.5 Å². The molecule has 1 aliphatic heterocycles. The van der Waals surface area contributed by atoms with Crippen LogP contribution in [0.15, 0.2) is 24.3 Å². The molecule has 0 aliphatic carbocycles. The van der Waals surface area contributed by atoms with Gasteiger partial charge >= 0.3 is 6.03 Å². The SMILES string of the molecule is Cc1ccc(CN(C)C(=O)CC2NC(=O)NC2=O)cc1. The first-order chi connectivity index (χ1) is 9.45. The Bertz CT molecular complexity index is 539. The summed E-state index contributed by atoms with van der Waals surface area (Å²) in [6.45, 7) is 2.47. The highest BCUT2D eigenvalue weighted by atomic mass is 16.2. The van der Waals surface area contributed by atoms with E-state index in [1.807, 2.05) is 31.2 Å². The van der Waals surface area contributed by atoms with Crippen LogP contribution in [-0.2, 0) is 16.1 Å². The summed E-state index contributed by atoms with van der Waals surface area (Å²) in [4.78, 5) is 35.9. The van der Waals surface area contributed by atoms with Gasteiger partial charge in [-0.2, -0.15) is 0 Å². The Morgan fingerprint density at radius 3 is 2.45 bits per heavy atom. The van der Waals surface area contributed by atoms with E-state index < -0.39 is 18.0 Å². The molecule has 1 atom stereocenters. The zero-order valence-electron chi connectivity index (χ0n) is 11.5. The third-order valence-electron chi connectivity index (χ3n) is 3.20. The van der Waals surface area contributed by atoms with Crippen LogP contribution in [0.2, 0.25) is 0 Å². The number of hydrogen-bond acceptors (Lipinski definition) is 3. The first-order valence-corrected chi connectivity index (χ1v) is 6.36. The van der Waals surface area contributed by atoms with Crippen LogP contribution in [0, 0.1) is 6.92 Å². The number of nitrogens with zero attached hydrogens (tertiary/aromatic N) is 1. The summed E-state index contributed by atoms with van der Waals surface area (Å²) in [5.74, 6) is -0.639. The molecule has 106 valence electrons. The van der Waals surface area contributed by atoms with Crippen molar-refractivity contribution in [1.82, 2.24) is 15.5 Å². The standard InChI is InChI=1S/C14H17N3O3/c1-9-3-5-10(6-4-9)8-17(2)12(18)7-11-13(19)16-14(20)15-11/h3-6,11H,7-8H2,1-2H3,(H2,15,16,19,20). The normalized spacial score (nSPS) is 17.6. The maximum atomic E-state index is 12.0. The number of nitrogens with one attached hydrogen (secondary N) is 2. The minimum absolute atomic E-state index is 0.0278. The molecule has 2 rings (SSSR count). The zero-order chi connectivity index (χ0) is 14.7. The van der Waals surface area contributed by atoms with Gasteiger partial charge in [0.05, 0.1) is 6.42 Å². The van der Waals surface area contributed by atoms with E-state index in [0.717, 1.165) is 11.1 Å². The van der Waals surface area contributed by atoms with Crippen molar-refractivity contribution in [3.8, 4) is 0 Å². The number of amides is 4. The van der Waals surface area contributed by atoms with Gasteiger partial charge in [-0.3, -0.25) is 14.9 Å². The highest BCUT2D eigenvalue weighted by Gasteiger charge is 2.31. The number of carbonyl (C=O) groups is 3. The van der Waals surface area contributed by atoms with E-state index in [1.54, 1.807) is 11.9 Å². The van der Waals surface area contributed by atoms with Gasteiger partial charge < -0.3 is 10.2 Å². The lowest BCUT2D eigenvalue weighted by atomic mass is 10.1. The molecule has 0 saturated carbocycles. The van der Waals surface area contributed by atoms with Crippen molar-refractivity contribution in [3.63, 3.8) is 0 Å². The minimum atomic E-state index is -0.768. The molecule has 0 spiro atoms. The number of carbonyl (C=O) groups excluding carboxylic acids is 3. The van der Waals surface area contributed by atoms with Crippen LogP contribution < -0.4 is 10.6 Å². The van der Waals surface area contributed by atoms with Gasteiger partial charge in [-0.1, -0.05) is 29.8 Å². The van der Waals surface area contributed by atoms with Gasteiger partial charge in [-0.25, -0.2) is 4.79 Å². The van der Waals surface area contributed by atoms with Gasteiger partial charge in [-0.15, -0.1) is 0 Å². The average Bonchev–Trinajstić information content (AvgIpc) is 2.70. The fourth-order valence-corrected chi connectivity index (χ4v) is 1.99. The number of hydrogen-bond donors (Lipinski definition) is 2. The van der Waals surface area contributed by atoms with Gasteiger partial charge in [0, 0.05) is 13.6 Å². The summed E-state index contributed by atoms with van der Waals surface area (Å²) >= 11 is 0. The molecule has 1 unspecified atom stereocenters. The van der Waals surface area contributed by atoms with Gasteiger partial charge in [-0.05, 0) is 12.5 Å². The number of aryl methyl sites for hydroxylation is 1. The Hall–Kier alpha value is -2.37. The molecule has 4 amide bonds. The van der Waals surface area contributed by atoms with E-state index in [1.165, 1.54) is 0 Å². The number of urea groups is 1. The summed E-state index contributed by atoms with van der Waals surface area (Å²) < 4.78 is 0. The van der Waals surface area contributed by atoms with Gasteiger partial charge in [0.25, 0.3) is 5.91 Å². The molecule has 1 heterocycles. The molecule has 1 aromatic rings. The molecule has 1 saturated heterocycles. The Morgan fingerprint density at radius 1 is 1.25 bits per heavy atom. The molecule has 0 radical (unpaired) electrons. The van der Waals surface area contributed by atoms with Crippen LogP contribution in [0.5, 0.6) is 0 Å². The molecular weight excluding hydrogens is 258 g/mol. The van der Waals surface area contributed by atoms with Crippen molar-refractivity contribution in [2.75, 3.05) is 7.05 Å². The van der Waals surface area contributed by atoms with Gasteiger partial charge in [0.15, 0.2) is 0 Å². The summed E-state index contributed by atoms with van der Waals surface area (Å²) in [6.07, 6.45) is -0.0278. The van der Waals surface area contributed by atoms with Crippen LogP contribution in [-0.4, -0.2) is 35.8 Å². The van der Waals surface area contributed by atoms with Crippen LogP contribution in [0.1, 0.15) is 17.5 Å². The number of benzene rings is 1. The second kappa shape index (κ2) is 5.73. The largest absolute Gasteiger partial charge is 0.341 e.